The summed E-state index contributed by atoms with van der Waals surface area (Å²) >= 11 is 1.43. The van der Waals surface area contributed by atoms with Gasteiger partial charge >= 0.3 is 5.97 Å². The van der Waals surface area contributed by atoms with Crippen LogP contribution in [-0.2, 0) is 4.74 Å². The van der Waals surface area contributed by atoms with Crippen molar-refractivity contribution in [1.82, 2.24) is 9.97 Å². The van der Waals surface area contributed by atoms with E-state index >= 15 is 0 Å². The Hall–Kier alpha value is -1.88. The van der Waals surface area contributed by atoms with E-state index in [4.69, 9.17) is 4.74 Å². The Balaban J connectivity index is 2.32. The summed E-state index contributed by atoms with van der Waals surface area (Å²) in [5.41, 5.74) is 2.83. The Labute approximate surface area is 116 Å². The quantitative estimate of drug-likeness (QED) is 0.636. The van der Waals surface area contributed by atoms with Crippen molar-refractivity contribution in [3.8, 4) is 0 Å². The first-order valence-electron chi connectivity index (χ1n) is 5.75. The zero-order valence-electron chi connectivity index (χ0n) is 11.0. The van der Waals surface area contributed by atoms with Crippen LogP contribution in [-0.4, -0.2) is 23.0 Å². The standard InChI is InChI=1S/C14H14N2O2S/c1-9-4-5-11(6-10(9)2)19-13-12(14(17)18-3)7-15-8-16-13/h4-8H,1-3H3. The lowest BCUT2D eigenvalue weighted by Crippen LogP contribution is -2.05. The SMILES string of the molecule is COC(=O)c1cncnc1Sc1ccc(C)c(C)c1. The molecular formula is C14H14N2O2S. The van der Waals surface area contributed by atoms with Gasteiger partial charge in [0.05, 0.1) is 7.11 Å². The second-order valence-corrected chi connectivity index (χ2v) is 5.14. The normalized spacial score (nSPS) is 10.3. The maximum Gasteiger partial charge on any atom is 0.342 e. The van der Waals surface area contributed by atoms with E-state index < -0.39 is 5.97 Å². The molecule has 0 bridgehead atoms. The first kappa shape index (κ1) is 13.5. The molecule has 0 aliphatic heterocycles. The molecule has 0 radical (unpaired) electrons. The maximum absolute atomic E-state index is 11.6. The third-order valence-electron chi connectivity index (χ3n) is 2.77. The molecule has 19 heavy (non-hydrogen) atoms. The Morgan fingerprint density at radius 3 is 2.74 bits per heavy atom. The summed E-state index contributed by atoms with van der Waals surface area (Å²) in [6, 6.07) is 6.13. The summed E-state index contributed by atoms with van der Waals surface area (Å²) in [6.45, 7) is 4.12. The van der Waals surface area contributed by atoms with E-state index in [1.807, 2.05) is 6.07 Å². The van der Waals surface area contributed by atoms with Crippen LogP contribution in [0.4, 0.5) is 0 Å². The van der Waals surface area contributed by atoms with Crippen molar-refractivity contribution in [2.75, 3.05) is 7.11 Å². The molecule has 0 aliphatic rings. The van der Waals surface area contributed by atoms with Crippen LogP contribution in [0.1, 0.15) is 21.5 Å². The fraction of sp³-hybridized carbons (Fsp3) is 0.214. The van der Waals surface area contributed by atoms with Gasteiger partial charge in [0, 0.05) is 11.1 Å². The van der Waals surface area contributed by atoms with Crippen LogP contribution >= 0.6 is 11.8 Å². The fourth-order valence-corrected chi connectivity index (χ4v) is 2.48. The zero-order valence-corrected chi connectivity index (χ0v) is 11.8. The van der Waals surface area contributed by atoms with Crippen LogP contribution in [0, 0.1) is 13.8 Å². The molecule has 4 nitrogen and oxygen atoms in total. The van der Waals surface area contributed by atoms with Crippen molar-refractivity contribution >= 4 is 17.7 Å². The van der Waals surface area contributed by atoms with Crippen LogP contribution in [0.15, 0.2) is 40.6 Å². The molecule has 0 spiro atoms. The Morgan fingerprint density at radius 2 is 2.05 bits per heavy atom. The summed E-state index contributed by atoms with van der Waals surface area (Å²) < 4.78 is 4.73. The van der Waals surface area contributed by atoms with E-state index in [0.29, 0.717) is 10.6 Å². The highest BCUT2D eigenvalue weighted by Crippen LogP contribution is 2.29. The average Bonchev–Trinajstić information content (AvgIpc) is 2.43. The van der Waals surface area contributed by atoms with Gasteiger partial charge < -0.3 is 4.74 Å². The average molecular weight is 274 g/mol. The van der Waals surface area contributed by atoms with Crippen molar-refractivity contribution in [1.29, 1.82) is 0 Å². The molecule has 0 unspecified atom stereocenters. The molecule has 1 aromatic heterocycles. The minimum atomic E-state index is -0.424. The first-order valence-corrected chi connectivity index (χ1v) is 6.57. The molecule has 0 N–H and O–H groups in total. The van der Waals surface area contributed by atoms with Gasteiger partial charge in [0.2, 0.25) is 0 Å². The van der Waals surface area contributed by atoms with Gasteiger partial charge in [0.15, 0.2) is 0 Å². The molecule has 0 fully saturated rings. The van der Waals surface area contributed by atoms with E-state index in [2.05, 4.69) is 35.9 Å². The Morgan fingerprint density at radius 1 is 1.26 bits per heavy atom. The molecule has 0 saturated carbocycles. The van der Waals surface area contributed by atoms with Gasteiger partial charge in [-0.2, -0.15) is 0 Å². The largest absolute Gasteiger partial charge is 0.465 e. The van der Waals surface area contributed by atoms with Crippen LogP contribution in [0.25, 0.3) is 0 Å². The molecule has 0 aliphatic carbocycles. The molecule has 0 atom stereocenters. The number of carbonyl (C=O) groups excluding carboxylic acids is 1. The second kappa shape index (κ2) is 5.84. The first-order chi connectivity index (χ1) is 9.11. The highest BCUT2D eigenvalue weighted by Gasteiger charge is 2.14. The minimum Gasteiger partial charge on any atom is -0.465 e. The summed E-state index contributed by atoms with van der Waals surface area (Å²) in [4.78, 5) is 20.7. The highest BCUT2D eigenvalue weighted by atomic mass is 32.2. The number of benzene rings is 1. The predicted molar refractivity (Wildman–Crippen MR) is 73.4 cm³/mol. The molecule has 1 aromatic carbocycles. The third kappa shape index (κ3) is 3.12. The summed E-state index contributed by atoms with van der Waals surface area (Å²) in [5.74, 6) is -0.424. The van der Waals surface area contributed by atoms with Gasteiger partial charge in [-0.05, 0) is 37.1 Å². The van der Waals surface area contributed by atoms with Crippen LogP contribution < -0.4 is 0 Å². The molecule has 0 amide bonds. The Kier molecular flexibility index (Phi) is 4.16. The van der Waals surface area contributed by atoms with Crippen molar-refractivity contribution in [2.24, 2.45) is 0 Å². The molecule has 2 rings (SSSR count). The summed E-state index contributed by atoms with van der Waals surface area (Å²) in [7, 11) is 1.35. The molecule has 5 heteroatoms. The topological polar surface area (TPSA) is 52.1 Å². The van der Waals surface area contributed by atoms with Crippen LogP contribution in [0.5, 0.6) is 0 Å². The molecule has 1 heterocycles. The van der Waals surface area contributed by atoms with Crippen molar-refractivity contribution in [3.63, 3.8) is 0 Å². The number of nitrogens with zero attached hydrogens (tertiary/aromatic N) is 2. The number of hydrogen-bond acceptors (Lipinski definition) is 5. The number of aromatic nitrogens is 2. The monoisotopic (exact) mass is 274 g/mol. The lowest BCUT2D eigenvalue weighted by Gasteiger charge is -2.07. The number of carbonyl (C=O) groups is 1. The minimum absolute atomic E-state index is 0.383. The lowest BCUT2D eigenvalue weighted by molar-refractivity contribution is 0.0595. The van der Waals surface area contributed by atoms with Crippen molar-refractivity contribution in [3.05, 3.63) is 47.4 Å². The van der Waals surface area contributed by atoms with E-state index in [-0.39, 0.29) is 0 Å². The van der Waals surface area contributed by atoms with Crippen LogP contribution in [0.2, 0.25) is 0 Å². The second-order valence-electron chi connectivity index (χ2n) is 4.08. The van der Waals surface area contributed by atoms with E-state index in [1.54, 1.807) is 0 Å². The van der Waals surface area contributed by atoms with Gasteiger partial charge in [0.1, 0.15) is 16.9 Å². The highest BCUT2D eigenvalue weighted by molar-refractivity contribution is 7.99. The molecule has 0 saturated heterocycles. The van der Waals surface area contributed by atoms with E-state index in [1.165, 1.54) is 42.5 Å². The van der Waals surface area contributed by atoms with Gasteiger partial charge in [0.25, 0.3) is 0 Å². The van der Waals surface area contributed by atoms with E-state index in [0.717, 1.165) is 4.90 Å². The van der Waals surface area contributed by atoms with Crippen LogP contribution in [0.3, 0.4) is 0 Å². The number of ether oxygens (including phenoxy) is 1. The number of methoxy groups -OCH3 is 1. The van der Waals surface area contributed by atoms with Gasteiger partial charge in [-0.25, -0.2) is 14.8 Å². The maximum atomic E-state index is 11.6. The van der Waals surface area contributed by atoms with Gasteiger partial charge in [-0.3, -0.25) is 0 Å². The fourth-order valence-electron chi connectivity index (χ4n) is 1.54. The molecular weight excluding hydrogens is 260 g/mol. The smallest absolute Gasteiger partial charge is 0.342 e. The third-order valence-corrected chi connectivity index (χ3v) is 3.78. The van der Waals surface area contributed by atoms with Crippen molar-refractivity contribution in [2.45, 2.75) is 23.8 Å². The molecule has 2 aromatic rings. The number of aryl methyl sites for hydroxylation is 2. The number of hydrogen-bond donors (Lipinski definition) is 0. The van der Waals surface area contributed by atoms with Gasteiger partial charge in [-0.15, -0.1) is 0 Å². The summed E-state index contributed by atoms with van der Waals surface area (Å²) in [5, 5.41) is 0.602. The lowest BCUT2D eigenvalue weighted by atomic mass is 10.1. The van der Waals surface area contributed by atoms with E-state index in [9.17, 15) is 4.79 Å². The van der Waals surface area contributed by atoms with Crippen molar-refractivity contribution < 1.29 is 9.53 Å². The predicted octanol–water partition coefficient (Wildman–Crippen LogP) is 3.03. The van der Waals surface area contributed by atoms with Gasteiger partial charge in [-0.1, -0.05) is 17.8 Å². The number of rotatable bonds is 3. The zero-order chi connectivity index (χ0) is 13.8. The Bertz CT molecular complexity index is 614. The summed E-state index contributed by atoms with van der Waals surface area (Å²) in [6.07, 6.45) is 2.90. The number of esters is 1. The molecule has 98 valence electrons.